The van der Waals surface area contributed by atoms with Gasteiger partial charge in [-0.05, 0) is 30.3 Å². The second-order valence-corrected chi connectivity index (χ2v) is 5.68. The van der Waals surface area contributed by atoms with Gasteiger partial charge < -0.3 is 5.11 Å². The third kappa shape index (κ3) is 2.81. The minimum atomic E-state index is -1.22. The average Bonchev–Trinajstić information content (AvgIpc) is 2.73. The minimum absolute atomic E-state index is 0.106. The Morgan fingerprint density at radius 3 is 2.52 bits per heavy atom. The van der Waals surface area contributed by atoms with Crippen molar-refractivity contribution in [1.29, 1.82) is 0 Å². The fourth-order valence-corrected chi connectivity index (χ4v) is 2.63. The van der Waals surface area contributed by atoms with Crippen LogP contribution in [0, 0.1) is 0 Å². The van der Waals surface area contributed by atoms with Gasteiger partial charge >= 0.3 is 0 Å². The maximum absolute atomic E-state index is 12.5. The summed E-state index contributed by atoms with van der Waals surface area (Å²) < 4.78 is 0. The van der Waals surface area contributed by atoms with Gasteiger partial charge in [0.1, 0.15) is 17.1 Å². The fourth-order valence-electron chi connectivity index (χ4n) is 2.21. The summed E-state index contributed by atoms with van der Waals surface area (Å²) in [4.78, 5) is 29.8. The number of benzene rings is 2. The lowest BCUT2D eigenvalue weighted by molar-refractivity contribution is -0.120. The molecule has 116 valence electrons. The molecule has 5 nitrogen and oxygen atoms in total. The molecule has 1 fully saturated rings. The molecule has 1 unspecified atom stereocenters. The largest absolute Gasteiger partial charge is 0.506 e. The van der Waals surface area contributed by atoms with Crippen molar-refractivity contribution in [2.24, 2.45) is 4.99 Å². The first-order chi connectivity index (χ1) is 11.0. The Morgan fingerprint density at radius 2 is 1.83 bits per heavy atom. The first-order valence-corrected chi connectivity index (χ1v) is 7.45. The Hall–Kier alpha value is -2.37. The van der Waals surface area contributed by atoms with Crippen molar-refractivity contribution in [2.45, 2.75) is 5.38 Å². The molecule has 2 amide bonds. The number of nitrogens with zero attached hydrogens (tertiary/aromatic N) is 2. The molecule has 0 spiro atoms. The zero-order valence-electron chi connectivity index (χ0n) is 11.6. The van der Waals surface area contributed by atoms with E-state index >= 15 is 0 Å². The number of aromatic hydroxyl groups is 1. The second-order valence-electron chi connectivity index (χ2n) is 4.81. The van der Waals surface area contributed by atoms with Crippen molar-refractivity contribution in [3.63, 3.8) is 0 Å². The molecule has 1 N–H and O–H groups in total. The summed E-state index contributed by atoms with van der Waals surface area (Å²) in [6, 6.07) is 12.5. The van der Waals surface area contributed by atoms with E-state index < -0.39 is 17.2 Å². The lowest BCUT2D eigenvalue weighted by Gasteiger charge is -2.13. The number of rotatable bonds is 2. The summed E-state index contributed by atoms with van der Waals surface area (Å²) >= 11 is 11.9. The van der Waals surface area contributed by atoms with E-state index in [4.69, 9.17) is 23.2 Å². The first-order valence-electron chi connectivity index (χ1n) is 6.63. The molecule has 23 heavy (non-hydrogen) atoms. The molecule has 0 aliphatic carbocycles. The number of imide groups is 1. The molecule has 1 saturated heterocycles. The monoisotopic (exact) mass is 348 g/mol. The summed E-state index contributed by atoms with van der Waals surface area (Å²) in [5, 5.41) is 8.92. The van der Waals surface area contributed by atoms with Crippen LogP contribution < -0.4 is 4.90 Å². The first kappa shape index (κ1) is 15.5. The number of phenols is 1. The summed E-state index contributed by atoms with van der Waals surface area (Å²) in [5.74, 6) is -1.35. The summed E-state index contributed by atoms with van der Waals surface area (Å²) in [6.07, 6.45) is 0. The lowest BCUT2D eigenvalue weighted by atomic mass is 10.2. The van der Waals surface area contributed by atoms with Gasteiger partial charge in [-0.25, -0.2) is 9.89 Å². The number of carbonyl (C=O) groups excluding carboxylic acids is 2. The predicted molar refractivity (Wildman–Crippen MR) is 88.8 cm³/mol. The highest BCUT2D eigenvalue weighted by Crippen LogP contribution is 2.30. The standard InChI is InChI=1S/C16H10Cl2N2O3/c17-9-4-3-5-10(8-9)20-15(22)13(18)14(16(20)23)19-11-6-1-2-7-12(11)21/h1-8,13,21H. The zero-order valence-corrected chi connectivity index (χ0v) is 13.1. The van der Waals surface area contributed by atoms with E-state index in [0.717, 1.165) is 4.90 Å². The summed E-state index contributed by atoms with van der Waals surface area (Å²) in [7, 11) is 0. The molecule has 2 aromatic carbocycles. The molecule has 3 rings (SSSR count). The molecular formula is C16H10Cl2N2O3. The van der Waals surface area contributed by atoms with Crippen LogP contribution in [0.25, 0.3) is 0 Å². The number of aliphatic imine (C=N–C) groups is 1. The smallest absolute Gasteiger partial charge is 0.281 e. The number of halogens is 2. The lowest BCUT2D eigenvalue weighted by Crippen LogP contribution is -2.31. The topological polar surface area (TPSA) is 70.0 Å². The van der Waals surface area contributed by atoms with Crippen LogP contribution in [-0.2, 0) is 9.59 Å². The van der Waals surface area contributed by atoms with E-state index in [2.05, 4.69) is 4.99 Å². The molecule has 1 aliphatic heterocycles. The van der Waals surface area contributed by atoms with Crippen molar-refractivity contribution >= 4 is 52.1 Å². The van der Waals surface area contributed by atoms with Crippen molar-refractivity contribution < 1.29 is 14.7 Å². The second kappa shape index (κ2) is 6.02. The molecule has 0 aromatic heterocycles. The third-order valence-corrected chi connectivity index (χ3v) is 3.92. The van der Waals surface area contributed by atoms with Crippen LogP contribution in [0.15, 0.2) is 53.5 Å². The molecule has 1 heterocycles. The molecule has 7 heteroatoms. The van der Waals surface area contributed by atoms with Gasteiger partial charge in [-0.2, -0.15) is 0 Å². The van der Waals surface area contributed by atoms with E-state index in [1.165, 1.54) is 18.2 Å². The number of hydrogen-bond acceptors (Lipinski definition) is 4. The van der Waals surface area contributed by atoms with Gasteiger partial charge in [-0.3, -0.25) is 9.59 Å². The van der Waals surface area contributed by atoms with Crippen LogP contribution in [-0.4, -0.2) is 28.0 Å². The van der Waals surface area contributed by atoms with Crippen molar-refractivity contribution in [3.8, 4) is 5.75 Å². The number of para-hydroxylation sites is 2. The molecule has 1 atom stereocenters. The van der Waals surface area contributed by atoms with Gasteiger partial charge in [0.15, 0.2) is 5.38 Å². The van der Waals surface area contributed by atoms with Crippen LogP contribution in [0.1, 0.15) is 0 Å². The number of amides is 2. The SMILES string of the molecule is O=C1C(=Nc2ccccc2O)C(Cl)C(=O)N1c1cccc(Cl)c1. The number of phenolic OH excluding ortho intramolecular Hbond substituents is 1. The van der Waals surface area contributed by atoms with E-state index in [0.29, 0.717) is 10.7 Å². The van der Waals surface area contributed by atoms with E-state index in [9.17, 15) is 14.7 Å². The highest BCUT2D eigenvalue weighted by atomic mass is 35.5. The number of hydrogen-bond donors (Lipinski definition) is 1. The quantitative estimate of drug-likeness (QED) is 0.668. The van der Waals surface area contributed by atoms with Crippen molar-refractivity contribution in [3.05, 3.63) is 53.6 Å². The maximum Gasteiger partial charge on any atom is 0.281 e. The summed E-state index contributed by atoms with van der Waals surface area (Å²) in [5.41, 5.74) is 0.348. The Balaban J connectivity index is 2.04. The van der Waals surface area contributed by atoms with Gasteiger partial charge in [-0.1, -0.05) is 29.8 Å². The zero-order chi connectivity index (χ0) is 16.6. The highest BCUT2D eigenvalue weighted by molar-refractivity contribution is 6.68. The Morgan fingerprint density at radius 1 is 1.09 bits per heavy atom. The molecule has 2 aromatic rings. The van der Waals surface area contributed by atoms with Crippen molar-refractivity contribution in [2.75, 3.05) is 4.90 Å². The van der Waals surface area contributed by atoms with Gasteiger partial charge in [0.2, 0.25) is 0 Å². The van der Waals surface area contributed by atoms with Gasteiger partial charge in [0.05, 0.1) is 5.69 Å². The number of carbonyl (C=O) groups is 2. The van der Waals surface area contributed by atoms with E-state index in [1.54, 1.807) is 30.3 Å². The third-order valence-electron chi connectivity index (χ3n) is 3.29. The van der Waals surface area contributed by atoms with Gasteiger partial charge in [-0.15, -0.1) is 11.6 Å². The maximum atomic E-state index is 12.5. The predicted octanol–water partition coefficient (Wildman–Crippen LogP) is 3.30. The normalized spacial score (nSPS) is 19.7. The van der Waals surface area contributed by atoms with Crippen LogP contribution in [0.4, 0.5) is 11.4 Å². The Labute approximate surface area is 141 Å². The van der Waals surface area contributed by atoms with Crippen molar-refractivity contribution in [1.82, 2.24) is 0 Å². The molecule has 1 aliphatic rings. The number of alkyl halides is 1. The van der Waals surface area contributed by atoms with Crippen LogP contribution in [0.5, 0.6) is 5.75 Å². The highest BCUT2D eigenvalue weighted by Gasteiger charge is 2.44. The van der Waals surface area contributed by atoms with Crippen LogP contribution >= 0.6 is 23.2 Å². The fraction of sp³-hybridized carbons (Fsp3) is 0.0625. The molecule has 0 saturated carbocycles. The Kier molecular flexibility index (Phi) is 4.07. The van der Waals surface area contributed by atoms with Gasteiger partial charge in [0, 0.05) is 5.02 Å². The van der Waals surface area contributed by atoms with E-state index in [-0.39, 0.29) is 17.1 Å². The number of anilines is 1. The van der Waals surface area contributed by atoms with Crippen LogP contribution in [0.2, 0.25) is 5.02 Å². The van der Waals surface area contributed by atoms with E-state index in [1.807, 2.05) is 0 Å². The molecule has 0 bridgehead atoms. The van der Waals surface area contributed by atoms with Gasteiger partial charge in [0.25, 0.3) is 11.8 Å². The summed E-state index contributed by atoms with van der Waals surface area (Å²) in [6.45, 7) is 0. The average molecular weight is 349 g/mol. The Bertz CT molecular complexity index is 836. The molecular weight excluding hydrogens is 339 g/mol. The van der Waals surface area contributed by atoms with Crippen LogP contribution in [0.3, 0.4) is 0 Å². The molecule has 0 radical (unpaired) electrons. The minimum Gasteiger partial charge on any atom is -0.506 e.